The van der Waals surface area contributed by atoms with Gasteiger partial charge in [0.25, 0.3) is 0 Å². The van der Waals surface area contributed by atoms with E-state index in [2.05, 4.69) is 6.07 Å². The van der Waals surface area contributed by atoms with Crippen LogP contribution < -0.4 is 0 Å². The number of rotatable bonds is 3. The van der Waals surface area contributed by atoms with Crippen LogP contribution in [0.3, 0.4) is 0 Å². The minimum absolute atomic E-state index is 0.0698. The highest BCUT2D eigenvalue weighted by Gasteiger charge is 2.22. The molecular formula is C22H27ClO4. The summed E-state index contributed by atoms with van der Waals surface area (Å²) in [6.07, 6.45) is 4.21. The summed E-state index contributed by atoms with van der Waals surface area (Å²) in [5.74, 6) is 0.258. The molecule has 0 bridgehead atoms. The number of aliphatic hydroxyl groups is 1. The lowest BCUT2D eigenvalue weighted by atomic mass is 9.96. The lowest BCUT2D eigenvalue weighted by Crippen LogP contribution is -2.23. The smallest absolute Gasteiger partial charge is 0.115 e. The Bertz CT molecular complexity index is 705. The summed E-state index contributed by atoms with van der Waals surface area (Å²) < 4.78 is 10.7. The first-order valence-corrected chi connectivity index (χ1v) is 9.93. The molecule has 2 atom stereocenters. The van der Waals surface area contributed by atoms with E-state index in [0.717, 1.165) is 29.9 Å². The second kappa shape index (κ2) is 10.1. The molecule has 0 saturated carbocycles. The van der Waals surface area contributed by atoms with Gasteiger partial charge in [0.1, 0.15) is 5.75 Å². The van der Waals surface area contributed by atoms with Gasteiger partial charge in [-0.05, 0) is 60.6 Å². The van der Waals surface area contributed by atoms with E-state index in [1.54, 1.807) is 12.1 Å². The van der Waals surface area contributed by atoms with Crippen LogP contribution in [0.4, 0.5) is 0 Å². The second-order valence-electron chi connectivity index (χ2n) is 7.05. The Labute approximate surface area is 165 Å². The minimum atomic E-state index is -0.296. The molecule has 146 valence electrons. The van der Waals surface area contributed by atoms with Crippen molar-refractivity contribution in [1.29, 1.82) is 0 Å². The van der Waals surface area contributed by atoms with E-state index >= 15 is 0 Å². The molecule has 0 radical (unpaired) electrons. The van der Waals surface area contributed by atoms with Crippen molar-refractivity contribution in [3.63, 3.8) is 0 Å². The van der Waals surface area contributed by atoms with Crippen molar-refractivity contribution >= 4 is 11.6 Å². The number of phenolic OH excluding ortho intramolecular Hbond substituents is 1. The van der Waals surface area contributed by atoms with Gasteiger partial charge in [0.05, 0.1) is 12.2 Å². The summed E-state index contributed by atoms with van der Waals surface area (Å²) in [4.78, 5) is 0. The molecule has 2 saturated heterocycles. The van der Waals surface area contributed by atoms with E-state index in [0.29, 0.717) is 30.9 Å². The van der Waals surface area contributed by atoms with Gasteiger partial charge in [0.2, 0.25) is 0 Å². The fraction of sp³-hybridized carbons (Fsp3) is 0.455. The van der Waals surface area contributed by atoms with Gasteiger partial charge in [0, 0.05) is 31.3 Å². The van der Waals surface area contributed by atoms with Crippen molar-refractivity contribution in [2.75, 3.05) is 19.8 Å². The van der Waals surface area contributed by atoms with Crippen LogP contribution in [0, 0.1) is 0 Å². The summed E-state index contributed by atoms with van der Waals surface area (Å²) in [6, 6.07) is 13.0. The van der Waals surface area contributed by atoms with Gasteiger partial charge in [-0.15, -0.1) is 0 Å². The third-order valence-corrected chi connectivity index (χ3v) is 5.22. The van der Waals surface area contributed by atoms with Crippen molar-refractivity contribution in [2.45, 2.75) is 44.3 Å². The molecular weight excluding hydrogens is 364 g/mol. The molecule has 2 aliphatic rings. The zero-order chi connectivity index (χ0) is 19.1. The third kappa shape index (κ3) is 6.22. The summed E-state index contributed by atoms with van der Waals surface area (Å²) in [5.41, 5.74) is 3.16. The average Bonchev–Trinajstić information content (AvgIpc) is 3.25. The standard InChI is InChI=1S/C18H19ClO3.C4H8O/c19-17-6-3-13(18-11-16(21)7-8-22-18)10-14(17)9-12-1-4-15(20)5-2-12;1-2-4-5-3-1/h1-6,10,16,18,20-21H,7-9,11H2;1-4H2/t16-,18+;/m0./s1. The molecule has 0 aliphatic carbocycles. The third-order valence-electron chi connectivity index (χ3n) is 4.86. The van der Waals surface area contributed by atoms with Crippen LogP contribution in [-0.2, 0) is 15.9 Å². The lowest BCUT2D eigenvalue weighted by Gasteiger charge is -2.27. The van der Waals surface area contributed by atoms with Gasteiger partial charge in [-0.1, -0.05) is 35.9 Å². The van der Waals surface area contributed by atoms with E-state index in [1.165, 1.54) is 12.8 Å². The summed E-state index contributed by atoms with van der Waals surface area (Å²) in [5, 5.41) is 19.9. The Morgan fingerprint density at radius 2 is 1.74 bits per heavy atom. The molecule has 2 heterocycles. The molecule has 2 aromatic rings. The number of phenols is 1. The van der Waals surface area contributed by atoms with Gasteiger partial charge < -0.3 is 19.7 Å². The summed E-state index contributed by atoms with van der Waals surface area (Å²) in [7, 11) is 0. The van der Waals surface area contributed by atoms with Crippen LogP contribution in [0.15, 0.2) is 42.5 Å². The monoisotopic (exact) mass is 390 g/mol. The fourth-order valence-corrected chi connectivity index (χ4v) is 3.47. The van der Waals surface area contributed by atoms with Crippen LogP contribution in [0.1, 0.15) is 48.5 Å². The number of benzene rings is 2. The molecule has 4 nitrogen and oxygen atoms in total. The highest BCUT2D eigenvalue weighted by atomic mass is 35.5. The van der Waals surface area contributed by atoms with Crippen LogP contribution in [-0.4, -0.2) is 36.1 Å². The topological polar surface area (TPSA) is 58.9 Å². The summed E-state index contributed by atoms with van der Waals surface area (Å²) >= 11 is 6.31. The predicted octanol–water partition coefficient (Wildman–Crippen LogP) is 4.65. The molecule has 4 rings (SSSR count). The first-order chi connectivity index (χ1) is 13.1. The Hall–Kier alpha value is -1.59. The number of halogens is 1. The molecule has 5 heteroatoms. The van der Waals surface area contributed by atoms with Crippen LogP contribution in [0.2, 0.25) is 5.02 Å². The van der Waals surface area contributed by atoms with Crippen molar-refractivity contribution in [3.8, 4) is 5.75 Å². The molecule has 2 fully saturated rings. The van der Waals surface area contributed by atoms with E-state index in [9.17, 15) is 10.2 Å². The minimum Gasteiger partial charge on any atom is -0.508 e. The first-order valence-electron chi connectivity index (χ1n) is 9.55. The average molecular weight is 391 g/mol. The molecule has 2 N–H and O–H groups in total. The molecule has 0 aromatic heterocycles. The maximum absolute atomic E-state index is 9.80. The number of aliphatic hydroxyl groups excluding tert-OH is 1. The molecule has 0 unspecified atom stereocenters. The van der Waals surface area contributed by atoms with Crippen molar-refractivity contribution in [1.82, 2.24) is 0 Å². The van der Waals surface area contributed by atoms with Crippen LogP contribution >= 0.6 is 11.6 Å². The Balaban J connectivity index is 0.000000364. The first kappa shape index (κ1) is 20.2. The number of ether oxygens (including phenoxy) is 2. The molecule has 2 aliphatic heterocycles. The lowest BCUT2D eigenvalue weighted by molar-refractivity contribution is -0.0448. The van der Waals surface area contributed by atoms with E-state index in [1.807, 2.05) is 24.3 Å². The maximum atomic E-state index is 9.80. The van der Waals surface area contributed by atoms with Gasteiger partial charge in [0.15, 0.2) is 0 Å². The van der Waals surface area contributed by atoms with E-state index in [4.69, 9.17) is 21.1 Å². The maximum Gasteiger partial charge on any atom is 0.115 e. The van der Waals surface area contributed by atoms with E-state index < -0.39 is 0 Å². The molecule has 0 amide bonds. The molecule has 2 aromatic carbocycles. The van der Waals surface area contributed by atoms with Gasteiger partial charge >= 0.3 is 0 Å². The Kier molecular flexibility index (Phi) is 7.53. The normalized spacial score (nSPS) is 22.1. The zero-order valence-corrected chi connectivity index (χ0v) is 16.2. The van der Waals surface area contributed by atoms with Gasteiger partial charge in [-0.25, -0.2) is 0 Å². The summed E-state index contributed by atoms with van der Waals surface area (Å²) in [6.45, 7) is 2.59. The molecule has 27 heavy (non-hydrogen) atoms. The van der Waals surface area contributed by atoms with Gasteiger partial charge in [-0.2, -0.15) is 0 Å². The van der Waals surface area contributed by atoms with Crippen LogP contribution in [0.5, 0.6) is 5.75 Å². The second-order valence-corrected chi connectivity index (χ2v) is 7.46. The van der Waals surface area contributed by atoms with Crippen molar-refractivity contribution in [3.05, 3.63) is 64.2 Å². The number of hydrogen-bond donors (Lipinski definition) is 2. The quantitative estimate of drug-likeness (QED) is 0.801. The SMILES string of the molecule is C1CCOC1.Oc1ccc(Cc2cc([C@H]3C[C@@H](O)CCO3)ccc2Cl)cc1. The molecule has 0 spiro atoms. The van der Waals surface area contributed by atoms with Crippen molar-refractivity contribution < 1.29 is 19.7 Å². The van der Waals surface area contributed by atoms with Crippen LogP contribution in [0.25, 0.3) is 0 Å². The largest absolute Gasteiger partial charge is 0.508 e. The fourth-order valence-electron chi connectivity index (χ4n) is 3.29. The number of hydrogen-bond acceptors (Lipinski definition) is 4. The highest BCUT2D eigenvalue weighted by molar-refractivity contribution is 6.31. The Morgan fingerprint density at radius 3 is 2.37 bits per heavy atom. The predicted molar refractivity (Wildman–Crippen MR) is 106 cm³/mol. The van der Waals surface area contributed by atoms with Gasteiger partial charge in [-0.3, -0.25) is 0 Å². The number of aromatic hydroxyl groups is 1. The highest BCUT2D eigenvalue weighted by Crippen LogP contribution is 2.31. The van der Waals surface area contributed by atoms with E-state index in [-0.39, 0.29) is 18.0 Å². The van der Waals surface area contributed by atoms with Crippen molar-refractivity contribution in [2.24, 2.45) is 0 Å². The zero-order valence-electron chi connectivity index (χ0n) is 15.4. The Morgan fingerprint density at radius 1 is 1.00 bits per heavy atom.